The van der Waals surface area contributed by atoms with Gasteiger partial charge in [0.05, 0.1) is 7.11 Å². The topological polar surface area (TPSA) is 51.6 Å². The fourth-order valence-electron chi connectivity index (χ4n) is 1.40. The van der Waals surface area contributed by atoms with Crippen LogP contribution in [0.3, 0.4) is 0 Å². The van der Waals surface area contributed by atoms with E-state index in [0.717, 1.165) is 5.56 Å². The van der Waals surface area contributed by atoms with Crippen molar-refractivity contribution in [3.05, 3.63) is 48.0 Å². The van der Waals surface area contributed by atoms with Crippen LogP contribution in [0.5, 0.6) is 17.5 Å². The molecule has 0 spiro atoms. The zero-order valence-electron chi connectivity index (χ0n) is 9.46. The number of pyridine rings is 1. The number of rotatable bonds is 4. The van der Waals surface area contributed by atoms with E-state index in [1.807, 2.05) is 30.3 Å². The number of hydrogen-bond acceptors (Lipinski definition) is 4. The minimum Gasteiger partial charge on any atom is -0.493 e. The maximum Gasteiger partial charge on any atom is 0.260 e. The van der Waals surface area contributed by atoms with Crippen molar-refractivity contribution in [3.63, 3.8) is 0 Å². The summed E-state index contributed by atoms with van der Waals surface area (Å²) in [5.41, 5.74) is 1.03. The number of nitrogens with zero attached hydrogens (tertiary/aromatic N) is 1. The molecule has 17 heavy (non-hydrogen) atoms. The molecule has 4 heteroatoms. The molecule has 0 amide bonds. The van der Waals surface area contributed by atoms with Crippen molar-refractivity contribution < 1.29 is 14.6 Å². The van der Waals surface area contributed by atoms with Gasteiger partial charge in [-0.2, -0.15) is 4.98 Å². The average Bonchev–Trinajstić information content (AvgIpc) is 2.38. The van der Waals surface area contributed by atoms with Crippen molar-refractivity contribution in [1.82, 2.24) is 4.98 Å². The van der Waals surface area contributed by atoms with Gasteiger partial charge < -0.3 is 14.6 Å². The van der Waals surface area contributed by atoms with Gasteiger partial charge in [-0.05, 0) is 11.6 Å². The second-order valence-corrected chi connectivity index (χ2v) is 3.45. The summed E-state index contributed by atoms with van der Waals surface area (Å²) in [5.74, 6) is 0.698. The predicted molar refractivity (Wildman–Crippen MR) is 63.2 cm³/mol. The summed E-state index contributed by atoms with van der Waals surface area (Å²) >= 11 is 0. The Hall–Kier alpha value is -2.23. The lowest BCUT2D eigenvalue weighted by molar-refractivity contribution is 0.267. The highest BCUT2D eigenvalue weighted by Crippen LogP contribution is 2.27. The number of aromatic nitrogens is 1. The molecule has 0 bridgehead atoms. The summed E-state index contributed by atoms with van der Waals surface area (Å²) < 4.78 is 10.6. The maximum atomic E-state index is 9.28. The van der Waals surface area contributed by atoms with Gasteiger partial charge >= 0.3 is 0 Å². The standard InChI is InChI=1S/C13H13NO3/c1-16-11-7-8-12(15)14-13(11)17-9-10-5-3-2-4-6-10/h2-8H,9H2,1H3,(H,14,15). The molecule has 1 N–H and O–H groups in total. The van der Waals surface area contributed by atoms with Gasteiger partial charge in [0.25, 0.3) is 5.88 Å². The van der Waals surface area contributed by atoms with Crippen molar-refractivity contribution >= 4 is 0 Å². The van der Waals surface area contributed by atoms with Gasteiger partial charge in [-0.15, -0.1) is 0 Å². The van der Waals surface area contributed by atoms with E-state index in [2.05, 4.69) is 4.98 Å². The van der Waals surface area contributed by atoms with Crippen LogP contribution in [0.4, 0.5) is 0 Å². The third kappa shape index (κ3) is 2.87. The van der Waals surface area contributed by atoms with Gasteiger partial charge in [0.15, 0.2) is 5.75 Å². The number of benzene rings is 1. The van der Waals surface area contributed by atoms with Crippen LogP contribution in [-0.4, -0.2) is 17.2 Å². The van der Waals surface area contributed by atoms with Crippen LogP contribution in [0.25, 0.3) is 0 Å². The van der Waals surface area contributed by atoms with Crippen molar-refractivity contribution in [1.29, 1.82) is 0 Å². The van der Waals surface area contributed by atoms with Crippen LogP contribution in [0.15, 0.2) is 42.5 Å². The Labute approximate surface area is 99.5 Å². The summed E-state index contributed by atoms with van der Waals surface area (Å²) in [6.45, 7) is 0.383. The molecule has 2 rings (SSSR count). The Morgan fingerprint density at radius 2 is 1.88 bits per heavy atom. The van der Waals surface area contributed by atoms with Crippen LogP contribution in [0.2, 0.25) is 0 Å². The zero-order valence-corrected chi connectivity index (χ0v) is 9.46. The molecule has 0 aliphatic heterocycles. The van der Waals surface area contributed by atoms with Crippen molar-refractivity contribution in [2.45, 2.75) is 6.61 Å². The molecule has 1 aromatic heterocycles. The first-order chi connectivity index (χ1) is 8.29. The first kappa shape index (κ1) is 11.3. The van der Waals surface area contributed by atoms with E-state index in [1.54, 1.807) is 6.07 Å². The van der Waals surface area contributed by atoms with Gasteiger partial charge in [0, 0.05) is 6.07 Å². The van der Waals surface area contributed by atoms with E-state index in [1.165, 1.54) is 13.2 Å². The van der Waals surface area contributed by atoms with Crippen LogP contribution in [-0.2, 0) is 6.61 Å². The fourth-order valence-corrected chi connectivity index (χ4v) is 1.40. The molecule has 4 nitrogen and oxygen atoms in total. The predicted octanol–water partition coefficient (Wildman–Crippen LogP) is 2.37. The van der Waals surface area contributed by atoms with E-state index >= 15 is 0 Å². The number of aromatic hydroxyl groups is 1. The van der Waals surface area contributed by atoms with E-state index in [9.17, 15) is 5.11 Å². The second kappa shape index (κ2) is 5.21. The molecule has 0 unspecified atom stereocenters. The molecule has 0 saturated heterocycles. The highest BCUT2D eigenvalue weighted by Gasteiger charge is 2.07. The molecule has 0 aliphatic carbocycles. The minimum atomic E-state index is -0.0890. The molecule has 0 atom stereocenters. The minimum absolute atomic E-state index is 0.0890. The molecule has 2 aromatic rings. The zero-order chi connectivity index (χ0) is 12.1. The molecule has 1 aromatic carbocycles. The SMILES string of the molecule is COc1ccc(O)nc1OCc1ccccc1. The Morgan fingerprint density at radius 1 is 1.12 bits per heavy atom. The van der Waals surface area contributed by atoms with E-state index < -0.39 is 0 Å². The number of methoxy groups -OCH3 is 1. The fraction of sp³-hybridized carbons (Fsp3) is 0.154. The summed E-state index contributed by atoms with van der Waals surface area (Å²) in [6, 6.07) is 12.8. The molecule has 88 valence electrons. The van der Waals surface area contributed by atoms with Gasteiger partial charge in [-0.1, -0.05) is 30.3 Å². The lowest BCUT2D eigenvalue weighted by Crippen LogP contribution is -1.99. The monoisotopic (exact) mass is 231 g/mol. The Kier molecular flexibility index (Phi) is 3.45. The smallest absolute Gasteiger partial charge is 0.260 e. The van der Waals surface area contributed by atoms with Crippen LogP contribution < -0.4 is 9.47 Å². The van der Waals surface area contributed by atoms with E-state index in [4.69, 9.17) is 9.47 Å². The first-order valence-electron chi connectivity index (χ1n) is 5.20. The average molecular weight is 231 g/mol. The van der Waals surface area contributed by atoms with Gasteiger partial charge in [0.1, 0.15) is 6.61 Å². The van der Waals surface area contributed by atoms with E-state index in [0.29, 0.717) is 12.4 Å². The molecule has 1 heterocycles. The highest BCUT2D eigenvalue weighted by molar-refractivity contribution is 5.36. The molecule has 0 fully saturated rings. The second-order valence-electron chi connectivity index (χ2n) is 3.45. The lowest BCUT2D eigenvalue weighted by Gasteiger charge is -2.09. The third-order valence-corrected chi connectivity index (χ3v) is 2.25. The maximum absolute atomic E-state index is 9.28. The van der Waals surface area contributed by atoms with Crippen LogP contribution >= 0.6 is 0 Å². The summed E-state index contributed by atoms with van der Waals surface area (Å²) in [6.07, 6.45) is 0. The Balaban J connectivity index is 2.11. The van der Waals surface area contributed by atoms with Gasteiger partial charge in [0.2, 0.25) is 5.88 Å². The molecular formula is C13H13NO3. The molecule has 0 saturated carbocycles. The number of ether oxygens (including phenoxy) is 2. The summed E-state index contributed by atoms with van der Waals surface area (Å²) in [5, 5.41) is 9.28. The van der Waals surface area contributed by atoms with Crippen LogP contribution in [0.1, 0.15) is 5.56 Å². The van der Waals surface area contributed by atoms with Gasteiger partial charge in [-0.25, -0.2) is 0 Å². The Bertz CT molecular complexity index is 485. The van der Waals surface area contributed by atoms with Crippen LogP contribution in [0, 0.1) is 0 Å². The quantitative estimate of drug-likeness (QED) is 0.877. The van der Waals surface area contributed by atoms with Gasteiger partial charge in [-0.3, -0.25) is 0 Å². The first-order valence-corrected chi connectivity index (χ1v) is 5.20. The number of hydrogen-bond donors (Lipinski definition) is 1. The molecule has 0 aliphatic rings. The van der Waals surface area contributed by atoms with Crippen molar-refractivity contribution in [3.8, 4) is 17.5 Å². The van der Waals surface area contributed by atoms with Crippen molar-refractivity contribution in [2.75, 3.05) is 7.11 Å². The molecular weight excluding hydrogens is 218 g/mol. The molecule has 0 radical (unpaired) electrons. The van der Waals surface area contributed by atoms with Crippen molar-refractivity contribution in [2.24, 2.45) is 0 Å². The summed E-state index contributed by atoms with van der Waals surface area (Å²) in [7, 11) is 1.53. The third-order valence-electron chi connectivity index (χ3n) is 2.25. The summed E-state index contributed by atoms with van der Waals surface area (Å²) in [4.78, 5) is 3.87. The van der Waals surface area contributed by atoms with E-state index in [-0.39, 0.29) is 11.8 Å². The normalized spacial score (nSPS) is 9.94. The highest BCUT2D eigenvalue weighted by atomic mass is 16.5. The Morgan fingerprint density at radius 3 is 2.59 bits per heavy atom. The lowest BCUT2D eigenvalue weighted by atomic mass is 10.2. The largest absolute Gasteiger partial charge is 0.493 e.